The lowest BCUT2D eigenvalue weighted by Gasteiger charge is -2.30. The Kier molecular flexibility index (Phi) is 8.04. The highest BCUT2D eigenvalue weighted by atomic mass is 32.1. The molecule has 0 unspecified atom stereocenters. The zero-order valence-electron chi connectivity index (χ0n) is 31.1. The SMILES string of the molecule is c1ccc(-c2ccccc2-c2c(-c3ccccc3)cccc2N(c2ccc3sc4ccccc4c3c2)c2ccc3c(c2)c2ccccc2n3-c2ccccc2)cc1. The highest BCUT2D eigenvalue weighted by Crippen LogP contribution is 2.49. The molecule has 0 spiro atoms. The monoisotopic (exact) mass is 744 g/mol. The molecule has 0 N–H and O–H groups in total. The van der Waals surface area contributed by atoms with Gasteiger partial charge in [-0.3, -0.25) is 0 Å². The molecule has 2 heterocycles. The highest BCUT2D eigenvalue weighted by Gasteiger charge is 2.24. The maximum atomic E-state index is 2.49. The Hall–Kier alpha value is -7.20. The van der Waals surface area contributed by atoms with Crippen LogP contribution in [0.5, 0.6) is 0 Å². The second kappa shape index (κ2) is 13.8. The van der Waals surface area contributed by atoms with E-state index in [0.29, 0.717) is 0 Å². The number of aromatic nitrogens is 1. The summed E-state index contributed by atoms with van der Waals surface area (Å²) in [5, 5.41) is 4.99. The standard InChI is InChI=1S/C54H36N2S/c1-4-17-37(18-5-1)42-23-10-11-26-46(42)54-43(38-19-6-2-7-20-38)27-16-29-51(54)55(41-32-34-53-48(36-41)45-25-13-15-30-52(45)57-53)40-31-33-50-47(35-40)44-24-12-14-28-49(44)56(50)39-21-8-3-9-22-39/h1-36H. The molecule has 11 aromatic rings. The van der Waals surface area contributed by atoms with Gasteiger partial charge in [-0.1, -0.05) is 152 Å². The van der Waals surface area contributed by atoms with Gasteiger partial charge in [-0.15, -0.1) is 11.3 Å². The van der Waals surface area contributed by atoms with Crippen LogP contribution < -0.4 is 4.90 Å². The van der Waals surface area contributed by atoms with E-state index in [1.807, 2.05) is 11.3 Å². The van der Waals surface area contributed by atoms with Gasteiger partial charge >= 0.3 is 0 Å². The van der Waals surface area contributed by atoms with Crippen LogP contribution in [0.2, 0.25) is 0 Å². The van der Waals surface area contributed by atoms with Crippen LogP contribution in [0.25, 0.3) is 81.0 Å². The van der Waals surface area contributed by atoms with Crippen LogP contribution >= 0.6 is 11.3 Å². The zero-order valence-corrected chi connectivity index (χ0v) is 31.9. The van der Waals surface area contributed by atoms with Gasteiger partial charge in [-0.25, -0.2) is 0 Å². The van der Waals surface area contributed by atoms with Crippen molar-refractivity contribution in [3.63, 3.8) is 0 Å². The van der Waals surface area contributed by atoms with E-state index in [1.54, 1.807) is 0 Å². The Bertz CT molecular complexity index is 3230. The fraction of sp³-hybridized carbons (Fsp3) is 0. The Morgan fingerprint density at radius 1 is 0.351 bits per heavy atom. The molecule has 9 aromatic carbocycles. The van der Waals surface area contributed by atoms with Crippen LogP contribution in [0.3, 0.4) is 0 Å². The minimum atomic E-state index is 1.10. The van der Waals surface area contributed by atoms with E-state index in [4.69, 9.17) is 0 Å². The molecule has 0 radical (unpaired) electrons. The smallest absolute Gasteiger partial charge is 0.0546 e. The first-order chi connectivity index (χ1) is 28.3. The average molecular weight is 745 g/mol. The third-order valence-electron chi connectivity index (χ3n) is 11.2. The van der Waals surface area contributed by atoms with E-state index in [2.05, 4.69) is 228 Å². The maximum Gasteiger partial charge on any atom is 0.0546 e. The Labute approximate surface area is 335 Å². The first kappa shape index (κ1) is 33.2. The van der Waals surface area contributed by atoms with E-state index in [-0.39, 0.29) is 0 Å². The number of benzene rings is 9. The molecule has 0 saturated carbocycles. The molecular formula is C54H36N2S. The van der Waals surface area contributed by atoms with Crippen molar-refractivity contribution < 1.29 is 0 Å². The molecule has 268 valence electrons. The molecule has 0 atom stereocenters. The van der Waals surface area contributed by atoms with Gasteiger partial charge in [0.05, 0.1) is 16.7 Å². The van der Waals surface area contributed by atoms with Crippen molar-refractivity contribution in [2.75, 3.05) is 4.90 Å². The fourth-order valence-corrected chi connectivity index (χ4v) is 9.76. The number of fused-ring (bicyclic) bond motifs is 6. The summed E-state index contributed by atoms with van der Waals surface area (Å²) >= 11 is 1.86. The lowest BCUT2D eigenvalue weighted by atomic mass is 9.87. The zero-order chi connectivity index (χ0) is 37.7. The molecule has 0 amide bonds. The Morgan fingerprint density at radius 3 is 1.67 bits per heavy atom. The molecule has 0 saturated heterocycles. The molecule has 2 nitrogen and oxygen atoms in total. The van der Waals surface area contributed by atoms with Gasteiger partial charge in [0, 0.05) is 53.6 Å². The van der Waals surface area contributed by atoms with E-state index in [9.17, 15) is 0 Å². The number of para-hydroxylation sites is 2. The first-order valence-corrected chi connectivity index (χ1v) is 20.3. The number of anilines is 3. The molecule has 0 bridgehead atoms. The molecule has 0 aliphatic heterocycles. The fourth-order valence-electron chi connectivity index (χ4n) is 8.67. The van der Waals surface area contributed by atoms with Gasteiger partial charge in [0.2, 0.25) is 0 Å². The molecule has 0 aliphatic rings. The normalized spacial score (nSPS) is 11.5. The topological polar surface area (TPSA) is 8.17 Å². The largest absolute Gasteiger partial charge is 0.310 e. The first-order valence-electron chi connectivity index (χ1n) is 19.4. The van der Waals surface area contributed by atoms with E-state index >= 15 is 0 Å². The minimum Gasteiger partial charge on any atom is -0.310 e. The second-order valence-electron chi connectivity index (χ2n) is 14.5. The quantitative estimate of drug-likeness (QED) is 0.158. The number of thiophene rings is 1. The molecule has 0 aliphatic carbocycles. The molecule has 3 heteroatoms. The lowest BCUT2D eigenvalue weighted by molar-refractivity contribution is 1.18. The van der Waals surface area contributed by atoms with Gasteiger partial charge in [-0.05, 0) is 94.5 Å². The summed E-state index contributed by atoms with van der Waals surface area (Å²) in [5.41, 5.74) is 14.0. The van der Waals surface area contributed by atoms with Crippen LogP contribution in [-0.2, 0) is 0 Å². The van der Waals surface area contributed by atoms with Crippen molar-refractivity contribution in [2.24, 2.45) is 0 Å². The summed E-state index contributed by atoms with van der Waals surface area (Å²) in [4.78, 5) is 2.49. The van der Waals surface area contributed by atoms with Crippen molar-refractivity contribution in [1.29, 1.82) is 0 Å². The number of nitrogens with zero attached hydrogens (tertiary/aromatic N) is 2. The summed E-state index contributed by atoms with van der Waals surface area (Å²) < 4.78 is 4.98. The van der Waals surface area contributed by atoms with Gasteiger partial charge in [0.1, 0.15) is 0 Å². The number of hydrogen-bond donors (Lipinski definition) is 0. The second-order valence-corrected chi connectivity index (χ2v) is 15.6. The Balaban J connectivity index is 1.24. The lowest BCUT2D eigenvalue weighted by Crippen LogP contribution is -2.12. The third-order valence-corrected chi connectivity index (χ3v) is 12.3. The van der Waals surface area contributed by atoms with Crippen molar-refractivity contribution >= 4 is 70.4 Å². The molecule has 2 aromatic heterocycles. The predicted octanol–water partition coefficient (Wildman–Crippen LogP) is 15.6. The Morgan fingerprint density at radius 2 is 0.895 bits per heavy atom. The van der Waals surface area contributed by atoms with Crippen LogP contribution in [0.15, 0.2) is 218 Å². The molecule has 11 rings (SSSR count). The van der Waals surface area contributed by atoms with Gasteiger partial charge in [-0.2, -0.15) is 0 Å². The number of hydrogen-bond acceptors (Lipinski definition) is 2. The number of rotatable bonds is 7. The van der Waals surface area contributed by atoms with Crippen LogP contribution in [0, 0.1) is 0 Å². The molecular weight excluding hydrogens is 709 g/mol. The van der Waals surface area contributed by atoms with Gasteiger partial charge in [0.15, 0.2) is 0 Å². The average Bonchev–Trinajstić information content (AvgIpc) is 3.83. The summed E-state index contributed by atoms with van der Waals surface area (Å²) in [6.07, 6.45) is 0. The van der Waals surface area contributed by atoms with Gasteiger partial charge < -0.3 is 9.47 Å². The summed E-state index contributed by atoms with van der Waals surface area (Å²) in [6.45, 7) is 0. The van der Waals surface area contributed by atoms with Crippen LogP contribution in [0.1, 0.15) is 0 Å². The molecule has 0 fully saturated rings. The van der Waals surface area contributed by atoms with E-state index < -0.39 is 0 Å². The summed E-state index contributed by atoms with van der Waals surface area (Å²) in [5.74, 6) is 0. The van der Waals surface area contributed by atoms with E-state index in [1.165, 1.54) is 75.4 Å². The van der Waals surface area contributed by atoms with Crippen molar-refractivity contribution in [3.8, 4) is 39.1 Å². The van der Waals surface area contributed by atoms with Crippen LogP contribution in [-0.4, -0.2) is 4.57 Å². The maximum absolute atomic E-state index is 2.49. The molecule has 57 heavy (non-hydrogen) atoms. The summed E-state index contributed by atoms with van der Waals surface area (Å²) in [7, 11) is 0. The van der Waals surface area contributed by atoms with Crippen molar-refractivity contribution in [1.82, 2.24) is 4.57 Å². The summed E-state index contributed by atoms with van der Waals surface area (Å²) in [6, 6.07) is 79.5. The third kappa shape index (κ3) is 5.63. The van der Waals surface area contributed by atoms with E-state index in [0.717, 1.165) is 22.7 Å². The minimum absolute atomic E-state index is 1.10. The van der Waals surface area contributed by atoms with Crippen molar-refractivity contribution in [2.45, 2.75) is 0 Å². The van der Waals surface area contributed by atoms with Crippen molar-refractivity contribution in [3.05, 3.63) is 218 Å². The van der Waals surface area contributed by atoms with Gasteiger partial charge in [0.25, 0.3) is 0 Å². The van der Waals surface area contributed by atoms with Crippen LogP contribution in [0.4, 0.5) is 17.1 Å². The predicted molar refractivity (Wildman–Crippen MR) is 245 cm³/mol. The highest BCUT2D eigenvalue weighted by molar-refractivity contribution is 7.25.